The Morgan fingerprint density at radius 3 is 1.60 bits per heavy atom. The Bertz CT molecular complexity index is 3840. The third kappa shape index (κ3) is 4.21. The molecule has 0 unspecified atom stereocenters. The first-order chi connectivity index (χ1) is 28.7. The van der Waals surface area contributed by atoms with Gasteiger partial charge in [0.1, 0.15) is 22.3 Å². The molecule has 58 heavy (non-hydrogen) atoms. The van der Waals surface area contributed by atoms with Crippen molar-refractivity contribution in [3.05, 3.63) is 181 Å². The average Bonchev–Trinajstić information content (AvgIpc) is 3.86. The molecule has 2 aromatic heterocycles. The Morgan fingerprint density at radius 2 is 0.897 bits per heavy atom. The number of rotatable bonds is 3. The maximum atomic E-state index is 7.01. The van der Waals surface area contributed by atoms with Crippen molar-refractivity contribution in [2.24, 2.45) is 0 Å². The summed E-state index contributed by atoms with van der Waals surface area (Å²) in [5.74, 6) is 0. The maximum Gasteiger partial charge on any atom is 0.143 e. The number of benzene rings is 11. The zero-order valence-electron chi connectivity index (χ0n) is 31.8. The molecule has 0 aliphatic rings. The fraction of sp³-hybridized carbons (Fsp3) is 0.0357. The SMILES string of the molecule is CCc1c2ccccc2cc2c1ccc1c(-c3c4ccccc4c(-c4cc5ccc6oc7ccccc7c6c5c5c4oc4ccccc45)c4ccccc34)cccc12. The summed E-state index contributed by atoms with van der Waals surface area (Å²) >= 11 is 0. The summed E-state index contributed by atoms with van der Waals surface area (Å²) in [6.45, 7) is 2.27. The molecule has 0 spiro atoms. The van der Waals surface area contributed by atoms with Crippen LogP contribution in [0.25, 0.3) is 131 Å². The number of fused-ring (bicyclic) bond motifs is 15. The molecule has 2 heteroatoms. The molecule has 0 fully saturated rings. The lowest BCUT2D eigenvalue weighted by Crippen LogP contribution is -1.93. The minimum atomic E-state index is 0.878. The van der Waals surface area contributed by atoms with Gasteiger partial charge in [-0.2, -0.15) is 0 Å². The van der Waals surface area contributed by atoms with E-state index in [1.54, 1.807) is 0 Å². The van der Waals surface area contributed by atoms with Crippen LogP contribution >= 0.6 is 0 Å². The lowest BCUT2D eigenvalue weighted by Gasteiger charge is -2.20. The minimum absolute atomic E-state index is 0.878. The largest absolute Gasteiger partial charge is 0.456 e. The molecular weight excluding hydrogens is 705 g/mol. The van der Waals surface area contributed by atoms with Gasteiger partial charge in [-0.3, -0.25) is 0 Å². The van der Waals surface area contributed by atoms with Gasteiger partial charge in [-0.25, -0.2) is 0 Å². The van der Waals surface area contributed by atoms with Crippen molar-refractivity contribution >= 4 is 109 Å². The van der Waals surface area contributed by atoms with Gasteiger partial charge in [0.15, 0.2) is 0 Å². The van der Waals surface area contributed by atoms with Crippen LogP contribution in [0.5, 0.6) is 0 Å². The van der Waals surface area contributed by atoms with Crippen molar-refractivity contribution in [1.29, 1.82) is 0 Å². The van der Waals surface area contributed by atoms with Gasteiger partial charge in [-0.15, -0.1) is 0 Å². The van der Waals surface area contributed by atoms with Gasteiger partial charge in [0.25, 0.3) is 0 Å². The molecule has 270 valence electrons. The first kappa shape index (κ1) is 31.7. The Morgan fingerprint density at radius 1 is 0.328 bits per heavy atom. The third-order valence-corrected chi connectivity index (χ3v) is 12.8. The molecule has 0 saturated carbocycles. The van der Waals surface area contributed by atoms with E-state index in [9.17, 15) is 0 Å². The van der Waals surface area contributed by atoms with Gasteiger partial charge in [-0.1, -0.05) is 153 Å². The standard InChI is InChI=1S/C56H34O2/c1-2-34-35-15-4-3-14-32(35)30-46-36-22-13-23-39(38(36)28-27-37(34)46)52-40-16-5-7-18-42(40)53(43-19-8-6-17-41(43)52)47-31-33-26-29-50-54(44-20-9-11-24-48(44)57-50)51(33)55-45-21-10-12-25-49(45)58-56(47)55/h3-31H,2H2,1H3. The molecule has 2 nitrogen and oxygen atoms in total. The number of furan rings is 2. The van der Waals surface area contributed by atoms with Crippen molar-refractivity contribution in [2.45, 2.75) is 13.3 Å². The third-order valence-electron chi connectivity index (χ3n) is 12.8. The quantitative estimate of drug-likeness (QED) is 0.133. The van der Waals surface area contributed by atoms with Crippen LogP contribution in [0.3, 0.4) is 0 Å². The van der Waals surface area contributed by atoms with Crippen molar-refractivity contribution in [2.75, 3.05) is 0 Å². The van der Waals surface area contributed by atoms with Crippen molar-refractivity contribution in [1.82, 2.24) is 0 Å². The van der Waals surface area contributed by atoms with Gasteiger partial charge >= 0.3 is 0 Å². The highest BCUT2D eigenvalue weighted by molar-refractivity contribution is 6.35. The van der Waals surface area contributed by atoms with Crippen LogP contribution in [0.15, 0.2) is 185 Å². The fourth-order valence-electron chi connectivity index (χ4n) is 10.4. The predicted molar refractivity (Wildman–Crippen MR) is 246 cm³/mol. The molecule has 13 rings (SSSR count). The number of hydrogen-bond acceptors (Lipinski definition) is 2. The lowest BCUT2D eigenvalue weighted by molar-refractivity contribution is 0.669. The summed E-state index contributed by atoms with van der Waals surface area (Å²) in [6, 6.07) is 64.3. The Labute approximate surface area is 333 Å². The predicted octanol–water partition coefficient (Wildman–Crippen LogP) is 16.3. The van der Waals surface area contributed by atoms with Crippen molar-refractivity contribution in [3.8, 4) is 22.3 Å². The van der Waals surface area contributed by atoms with E-state index in [1.807, 2.05) is 6.07 Å². The molecule has 13 aromatic rings. The van der Waals surface area contributed by atoms with E-state index in [2.05, 4.69) is 177 Å². The van der Waals surface area contributed by atoms with Crippen LogP contribution in [0.1, 0.15) is 12.5 Å². The average molecular weight is 739 g/mol. The van der Waals surface area contributed by atoms with Crippen LogP contribution < -0.4 is 0 Å². The molecule has 11 aromatic carbocycles. The van der Waals surface area contributed by atoms with E-state index in [4.69, 9.17) is 8.83 Å². The zero-order valence-corrected chi connectivity index (χ0v) is 31.8. The molecule has 2 heterocycles. The molecule has 0 atom stereocenters. The highest BCUT2D eigenvalue weighted by Gasteiger charge is 2.25. The number of aryl methyl sites for hydroxylation is 1. The summed E-state index contributed by atoms with van der Waals surface area (Å²) < 4.78 is 13.5. The van der Waals surface area contributed by atoms with Crippen LogP contribution in [0, 0.1) is 0 Å². The van der Waals surface area contributed by atoms with Gasteiger partial charge < -0.3 is 8.83 Å². The van der Waals surface area contributed by atoms with E-state index >= 15 is 0 Å². The Balaban J connectivity index is 1.16. The van der Waals surface area contributed by atoms with Crippen LogP contribution in [0.2, 0.25) is 0 Å². The fourth-order valence-corrected chi connectivity index (χ4v) is 10.4. The maximum absolute atomic E-state index is 7.01. The van der Waals surface area contributed by atoms with E-state index < -0.39 is 0 Å². The van der Waals surface area contributed by atoms with Gasteiger partial charge in [0, 0.05) is 38.1 Å². The Hall–Kier alpha value is -7.42. The molecule has 0 saturated heterocycles. The molecule has 0 aliphatic heterocycles. The summed E-state index contributed by atoms with van der Waals surface area (Å²) in [6.07, 6.45) is 0.983. The molecule has 0 bridgehead atoms. The Kier molecular flexibility index (Phi) is 6.46. The molecule has 0 radical (unpaired) electrons. The second-order valence-corrected chi connectivity index (χ2v) is 15.7. The minimum Gasteiger partial charge on any atom is -0.456 e. The molecule has 0 aliphatic carbocycles. The van der Waals surface area contributed by atoms with Gasteiger partial charge in [0.05, 0.1) is 0 Å². The molecule has 0 N–H and O–H groups in total. The molecule has 0 amide bonds. The number of para-hydroxylation sites is 2. The zero-order chi connectivity index (χ0) is 38.1. The van der Waals surface area contributed by atoms with Gasteiger partial charge in [-0.05, 0) is 113 Å². The summed E-state index contributed by atoms with van der Waals surface area (Å²) in [5.41, 5.74) is 9.73. The number of hydrogen-bond donors (Lipinski definition) is 0. The summed E-state index contributed by atoms with van der Waals surface area (Å²) in [5, 5.41) is 19.5. The van der Waals surface area contributed by atoms with E-state index in [0.717, 1.165) is 61.2 Å². The smallest absolute Gasteiger partial charge is 0.143 e. The van der Waals surface area contributed by atoms with E-state index in [-0.39, 0.29) is 0 Å². The monoisotopic (exact) mass is 738 g/mol. The van der Waals surface area contributed by atoms with Crippen molar-refractivity contribution < 1.29 is 8.83 Å². The lowest BCUT2D eigenvalue weighted by atomic mass is 9.83. The van der Waals surface area contributed by atoms with Crippen molar-refractivity contribution in [3.63, 3.8) is 0 Å². The van der Waals surface area contributed by atoms with Gasteiger partial charge in [0.2, 0.25) is 0 Å². The van der Waals surface area contributed by atoms with E-state index in [0.29, 0.717) is 0 Å². The second-order valence-electron chi connectivity index (χ2n) is 15.7. The topological polar surface area (TPSA) is 26.3 Å². The highest BCUT2D eigenvalue weighted by atomic mass is 16.3. The normalized spacial score (nSPS) is 12.3. The summed E-state index contributed by atoms with van der Waals surface area (Å²) in [7, 11) is 0. The first-order valence-corrected chi connectivity index (χ1v) is 20.2. The highest BCUT2D eigenvalue weighted by Crippen LogP contribution is 2.51. The summed E-state index contributed by atoms with van der Waals surface area (Å²) in [4.78, 5) is 0. The molecular formula is C56H34O2. The first-order valence-electron chi connectivity index (χ1n) is 20.2. The van der Waals surface area contributed by atoms with Crippen LogP contribution in [-0.4, -0.2) is 0 Å². The second kappa shape index (κ2) is 11.8. The van der Waals surface area contributed by atoms with E-state index in [1.165, 1.54) is 81.5 Å². The van der Waals surface area contributed by atoms with Crippen LogP contribution in [-0.2, 0) is 6.42 Å². The van der Waals surface area contributed by atoms with Crippen LogP contribution in [0.4, 0.5) is 0 Å².